The van der Waals surface area contributed by atoms with Crippen LogP contribution in [0, 0.1) is 11.3 Å². The highest BCUT2D eigenvalue weighted by Crippen LogP contribution is 2.30. The van der Waals surface area contributed by atoms with Crippen LogP contribution < -0.4 is 4.74 Å². The predicted octanol–water partition coefficient (Wildman–Crippen LogP) is 1.61. The van der Waals surface area contributed by atoms with Crippen molar-refractivity contribution < 1.29 is 18.6 Å². The molecule has 1 aromatic rings. The van der Waals surface area contributed by atoms with Crippen molar-refractivity contribution in [2.45, 2.75) is 6.43 Å². The summed E-state index contributed by atoms with van der Waals surface area (Å²) in [4.78, 5) is 3.32. The lowest BCUT2D eigenvalue weighted by atomic mass is 10.2. The first kappa shape index (κ1) is 10.2. The number of hydrogen-bond acceptors (Lipinski definition) is 4. The maximum absolute atomic E-state index is 12.3. The van der Waals surface area contributed by atoms with Crippen LogP contribution >= 0.6 is 0 Å². The van der Waals surface area contributed by atoms with Gasteiger partial charge >= 0.3 is 0 Å². The third-order valence-corrected chi connectivity index (χ3v) is 1.52. The summed E-state index contributed by atoms with van der Waals surface area (Å²) in [6.45, 7) is 0. The topological polar surface area (TPSA) is 66.1 Å². The first-order chi connectivity index (χ1) is 6.60. The van der Waals surface area contributed by atoms with E-state index in [4.69, 9.17) is 10.4 Å². The third kappa shape index (κ3) is 1.71. The molecule has 0 saturated carbocycles. The van der Waals surface area contributed by atoms with Crippen LogP contribution in [0.3, 0.4) is 0 Å². The number of rotatable bonds is 2. The van der Waals surface area contributed by atoms with Crippen LogP contribution in [0.2, 0.25) is 0 Å². The molecule has 0 radical (unpaired) electrons. The molecule has 0 aliphatic carbocycles. The molecule has 0 atom stereocenters. The molecule has 1 aromatic heterocycles. The predicted molar refractivity (Wildman–Crippen MR) is 42.1 cm³/mol. The number of nitrogens with zero attached hydrogens (tertiary/aromatic N) is 2. The highest BCUT2D eigenvalue weighted by atomic mass is 19.3. The molecule has 1 heterocycles. The van der Waals surface area contributed by atoms with Crippen LogP contribution in [0.1, 0.15) is 17.7 Å². The number of alkyl halides is 2. The van der Waals surface area contributed by atoms with Gasteiger partial charge in [-0.15, -0.1) is 0 Å². The second-order valence-corrected chi connectivity index (χ2v) is 2.36. The van der Waals surface area contributed by atoms with E-state index in [0.29, 0.717) is 0 Å². The van der Waals surface area contributed by atoms with Crippen molar-refractivity contribution in [3.8, 4) is 17.7 Å². The van der Waals surface area contributed by atoms with Gasteiger partial charge in [0.2, 0.25) is 0 Å². The van der Waals surface area contributed by atoms with Crippen LogP contribution in [0.5, 0.6) is 11.6 Å². The van der Waals surface area contributed by atoms with Crippen molar-refractivity contribution in [2.75, 3.05) is 7.11 Å². The fourth-order valence-corrected chi connectivity index (χ4v) is 0.905. The molecule has 74 valence electrons. The highest BCUT2D eigenvalue weighted by Gasteiger charge is 2.18. The Hall–Kier alpha value is -1.90. The summed E-state index contributed by atoms with van der Waals surface area (Å²) < 4.78 is 29.2. The summed E-state index contributed by atoms with van der Waals surface area (Å²) in [6.07, 6.45) is -2.88. The van der Waals surface area contributed by atoms with E-state index in [1.165, 1.54) is 13.2 Å². The van der Waals surface area contributed by atoms with Crippen molar-refractivity contribution in [1.82, 2.24) is 4.98 Å². The van der Waals surface area contributed by atoms with Crippen LogP contribution in [0.25, 0.3) is 0 Å². The molecule has 6 heteroatoms. The molecule has 0 aliphatic rings. The fourth-order valence-electron chi connectivity index (χ4n) is 0.905. The van der Waals surface area contributed by atoms with Crippen LogP contribution in [0.4, 0.5) is 8.78 Å². The van der Waals surface area contributed by atoms with Gasteiger partial charge < -0.3 is 9.84 Å². The van der Waals surface area contributed by atoms with Gasteiger partial charge in [-0.2, -0.15) is 5.26 Å². The van der Waals surface area contributed by atoms with Gasteiger partial charge in [0.1, 0.15) is 11.8 Å². The van der Waals surface area contributed by atoms with Crippen LogP contribution in [-0.4, -0.2) is 17.2 Å². The number of methoxy groups -OCH3 is 1. The summed E-state index contributed by atoms with van der Waals surface area (Å²) in [6, 6.07) is 2.41. The first-order valence-corrected chi connectivity index (χ1v) is 3.56. The smallest absolute Gasteiger partial charge is 0.281 e. The quantitative estimate of drug-likeness (QED) is 0.787. The summed E-state index contributed by atoms with van der Waals surface area (Å²) in [5.41, 5.74) is -1.06. The van der Waals surface area contributed by atoms with Gasteiger partial charge in [-0.05, 0) is 0 Å². The summed E-state index contributed by atoms with van der Waals surface area (Å²) in [5.74, 6) is -0.757. The van der Waals surface area contributed by atoms with Crippen molar-refractivity contribution in [3.05, 3.63) is 17.3 Å². The van der Waals surface area contributed by atoms with Gasteiger partial charge in [0.05, 0.1) is 12.7 Å². The minimum absolute atomic E-state index is 0.320. The maximum atomic E-state index is 12.3. The number of aromatic hydroxyl groups is 1. The average Bonchev–Trinajstić information content (AvgIpc) is 2.16. The zero-order chi connectivity index (χ0) is 10.7. The Kier molecular flexibility index (Phi) is 2.82. The molecule has 1 N–H and O–H groups in total. The third-order valence-electron chi connectivity index (χ3n) is 1.52. The summed E-state index contributed by atoms with van der Waals surface area (Å²) >= 11 is 0. The van der Waals surface area contributed by atoms with Gasteiger partial charge in [0.15, 0.2) is 5.75 Å². The van der Waals surface area contributed by atoms with E-state index in [-0.39, 0.29) is 11.4 Å². The van der Waals surface area contributed by atoms with Crippen molar-refractivity contribution in [3.63, 3.8) is 0 Å². The molecule has 0 unspecified atom stereocenters. The van der Waals surface area contributed by atoms with E-state index in [1.54, 1.807) is 0 Å². The van der Waals surface area contributed by atoms with Crippen LogP contribution in [0.15, 0.2) is 6.07 Å². The Bertz CT molecular complexity index is 388. The zero-order valence-electron chi connectivity index (χ0n) is 7.16. The Balaban J connectivity index is 3.34. The molecule has 0 saturated heterocycles. The Labute approximate surface area is 78.4 Å². The largest absolute Gasteiger partial charge is 0.503 e. The molecule has 0 aliphatic heterocycles. The Morgan fingerprint density at radius 1 is 1.64 bits per heavy atom. The minimum atomic E-state index is -2.88. The molecule has 0 amide bonds. The van der Waals surface area contributed by atoms with E-state index in [2.05, 4.69) is 9.72 Å². The standard InChI is InChI=1S/C8H6F2N2O2/c1-14-8-5(13)2-4(3-11)6(12-8)7(9)10/h2,7,13H,1H3. The normalized spacial score (nSPS) is 9.93. The maximum Gasteiger partial charge on any atom is 0.281 e. The van der Waals surface area contributed by atoms with E-state index in [1.807, 2.05) is 0 Å². The Morgan fingerprint density at radius 3 is 2.71 bits per heavy atom. The monoisotopic (exact) mass is 200 g/mol. The molecular formula is C8H6F2N2O2. The van der Waals surface area contributed by atoms with Gasteiger partial charge in [-0.1, -0.05) is 0 Å². The van der Waals surface area contributed by atoms with E-state index in [0.717, 1.165) is 6.07 Å². The minimum Gasteiger partial charge on any atom is -0.503 e. The molecule has 1 rings (SSSR count). The average molecular weight is 200 g/mol. The lowest BCUT2D eigenvalue weighted by Crippen LogP contribution is -1.98. The van der Waals surface area contributed by atoms with Gasteiger partial charge in [-0.3, -0.25) is 0 Å². The molecule has 4 nitrogen and oxygen atoms in total. The highest BCUT2D eigenvalue weighted by molar-refractivity contribution is 5.44. The Morgan fingerprint density at radius 2 is 2.29 bits per heavy atom. The van der Waals surface area contributed by atoms with E-state index < -0.39 is 17.9 Å². The van der Waals surface area contributed by atoms with E-state index >= 15 is 0 Å². The molecule has 0 fully saturated rings. The second kappa shape index (κ2) is 3.87. The molecular weight excluding hydrogens is 194 g/mol. The number of hydrogen-bond donors (Lipinski definition) is 1. The van der Waals surface area contributed by atoms with Gasteiger partial charge in [0, 0.05) is 6.07 Å². The number of pyridine rings is 1. The molecule has 14 heavy (non-hydrogen) atoms. The lowest BCUT2D eigenvalue weighted by Gasteiger charge is -2.06. The molecule has 0 aromatic carbocycles. The molecule has 0 bridgehead atoms. The lowest BCUT2D eigenvalue weighted by molar-refractivity contribution is 0.144. The molecule has 0 spiro atoms. The zero-order valence-corrected chi connectivity index (χ0v) is 7.16. The second-order valence-electron chi connectivity index (χ2n) is 2.36. The number of halogens is 2. The van der Waals surface area contributed by atoms with Gasteiger partial charge in [-0.25, -0.2) is 13.8 Å². The number of aromatic nitrogens is 1. The van der Waals surface area contributed by atoms with Crippen molar-refractivity contribution in [1.29, 1.82) is 5.26 Å². The van der Waals surface area contributed by atoms with E-state index in [9.17, 15) is 8.78 Å². The first-order valence-electron chi connectivity index (χ1n) is 3.56. The SMILES string of the molecule is COc1nc(C(F)F)c(C#N)cc1O. The number of ether oxygens (including phenoxy) is 1. The van der Waals surface area contributed by atoms with Gasteiger partial charge in [0.25, 0.3) is 12.3 Å². The fraction of sp³-hybridized carbons (Fsp3) is 0.250. The van der Waals surface area contributed by atoms with Crippen molar-refractivity contribution >= 4 is 0 Å². The van der Waals surface area contributed by atoms with Crippen LogP contribution in [-0.2, 0) is 0 Å². The summed E-state index contributed by atoms with van der Waals surface area (Å²) in [5, 5.41) is 17.6. The number of nitriles is 1. The summed E-state index contributed by atoms with van der Waals surface area (Å²) in [7, 11) is 1.18. The van der Waals surface area contributed by atoms with Crippen molar-refractivity contribution in [2.24, 2.45) is 0 Å².